The van der Waals surface area contributed by atoms with E-state index in [9.17, 15) is 9.59 Å². The maximum atomic E-state index is 12.3. The number of rotatable bonds is 6. The number of carbonyl (C=O) groups excluding carboxylic acids is 2. The number of amides is 2. The Kier molecular flexibility index (Phi) is 4.54. The molecule has 0 aromatic heterocycles. The molecule has 1 aliphatic heterocycles. The minimum Gasteiger partial charge on any atom is -0.343 e. The standard InChI is InChI=1S/C13H22N2O2S/c1-3-10-13(17)15(7-8-18-4-2)11(9-5-6-9)12(16)14-10/h9-11H,3-8H2,1-2H3,(H,14,16). The van der Waals surface area contributed by atoms with E-state index >= 15 is 0 Å². The summed E-state index contributed by atoms with van der Waals surface area (Å²) >= 11 is 1.82. The number of hydrogen-bond donors (Lipinski definition) is 1. The molecule has 1 heterocycles. The molecule has 5 heteroatoms. The van der Waals surface area contributed by atoms with E-state index in [1.54, 1.807) is 0 Å². The molecule has 0 bridgehead atoms. The molecule has 2 unspecified atom stereocenters. The van der Waals surface area contributed by atoms with Crippen molar-refractivity contribution in [2.75, 3.05) is 18.1 Å². The molecule has 0 spiro atoms. The molecule has 1 saturated carbocycles. The summed E-state index contributed by atoms with van der Waals surface area (Å²) in [6.07, 6.45) is 2.85. The van der Waals surface area contributed by atoms with E-state index in [0.29, 0.717) is 18.9 Å². The van der Waals surface area contributed by atoms with Crippen LogP contribution in [-0.4, -0.2) is 46.8 Å². The fourth-order valence-corrected chi connectivity index (χ4v) is 3.13. The van der Waals surface area contributed by atoms with Crippen molar-refractivity contribution in [3.8, 4) is 0 Å². The maximum absolute atomic E-state index is 12.3. The summed E-state index contributed by atoms with van der Waals surface area (Å²) in [5, 5.41) is 2.87. The molecule has 2 rings (SSSR count). The first-order valence-corrected chi connectivity index (χ1v) is 8.03. The van der Waals surface area contributed by atoms with Gasteiger partial charge in [-0.2, -0.15) is 11.8 Å². The lowest BCUT2D eigenvalue weighted by Gasteiger charge is -2.39. The van der Waals surface area contributed by atoms with Crippen LogP contribution in [0.2, 0.25) is 0 Å². The average Bonchev–Trinajstić information content (AvgIpc) is 3.17. The van der Waals surface area contributed by atoms with Gasteiger partial charge in [-0.1, -0.05) is 13.8 Å². The SMILES string of the molecule is CCSCCN1C(=O)C(CC)NC(=O)C1C1CC1. The minimum atomic E-state index is -0.306. The van der Waals surface area contributed by atoms with Crippen molar-refractivity contribution in [3.05, 3.63) is 0 Å². The Labute approximate surface area is 113 Å². The first kappa shape index (κ1) is 13.7. The third-order valence-electron chi connectivity index (χ3n) is 3.66. The van der Waals surface area contributed by atoms with Crippen LogP contribution in [0, 0.1) is 5.92 Å². The molecule has 1 N–H and O–H groups in total. The lowest BCUT2D eigenvalue weighted by molar-refractivity contribution is -0.150. The molecule has 4 nitrogen and oxygen atoms in total. The molecule has 0 aromatic rings. The largest absolute Gasteiger partial charge is 0.343 e. The van der Waals surface area contributed by atoms with Crippen LogP contribution in [0.4, 0.5) is 0 Å². The van der Waals surface area contributed by atoms with Crippen molar-refractivity contribution >= 4 is 23.6 Å². The minimum absolute atomic E-state index is 0.0606. The molecule has 1 aliphatic carbocycles. The Bertz CT molecular complexity index is 331. The molecular weight excluding hydrogens is 248 g/mol. The molecule has 0 radical (unpaired) electrons. The Morgan fingerprint density at radius 1 is 1.33 bits per heavy atom. The smallest absolute Gasteiger partial charge is 0.245 e. The van der Waals surface area contributed by atoms with E-state index in [0.717, 1.165) is 24.3 Å². The third-order valence-corrected chi connectivity index (χ3v) is 4.54. The fraction of sp³-hybridized carbons (Fsp3) is 0.846. The maximum Gasteiger partial charge on any atom is 0.245 e. The van der Waals surface area contributed by atoms with Gasteiger partial charge in [-0.25, -0.2) is 0 Å². The third kappa shape index (κ3) is 2.82. The van der Waals surface area contributed by atoms with E-state index in [1.165, 1.54) is 0 Å². The molecule has 0 aromatic carbocycles. The highest BCUT2D eigenvalue weighted by Gasteiger charge is 2.47. The van der Waals surface area contributed by atoms with Gasteiger partial charge in [0.1, 0.15) is 12.1 Å². The summed E-state index contributed by atoms with van der Waals surface area (Å²) in [5.74, 6) is 2.56. The molecule has 2 fully saturated rings. The predicted molar refractivity (Wildman–Crippen MR) is 73.4 cm³/mol. The summed E-state index contributed by atoms with van der Waals surface area (Å²) in [5.41, 5.74) is 0. The van der Waals surface area contributed by atoms with Gasteiger partial charge in [0.25, 0.3) is 0 Å². The second-order valence-electron chi connectivity index (χ2n) is 4.98. The Balaban J connectivity index is 2.06. The zero-order valence-corrected chi connectivity index (χ0v) is 12.0. The van der Waals surface area contributed by atoms with Crippen LogP contribution >= 0.6 is 11.8 Å². The summed E-state index contributed by atoms with van der Waals surface area (Å²) in [7, 11) is 0. The normalized spacial score (nSPS) is 28.4. The van der Waals surface area contributed by atoms with E-state index in [-0.39, 0.29) is 23.9 Å². The van der Waals surface area contributed by atoms with Gasteiger partial charge < -0.3 is 10.2 Å². The number of nitrogens with one attached hydrogen (secondary N) is 1. The fourth-order valence-electron chi connectivity index (χ4n) is 2.51. The average molecular weight is 270 g/mol. The summed E-state index contributed by atoms with van der Waals surface area (Å²) in [6.45, 7) is 4.77. The van der Waals surface area contributed by atoms with Gasteiger partial charge >= 0.3 is 0 Å². The van der Waals surface area contributed by atoms with E-state index < -0.39 is 0 Å². The van der Waals surface area contributed by atoms with Gasteiger partial charge in [-0.15, -0.1) is 0 Å². The molecule has 2 amide bonds. The molecule has 102 valence electrons. The van der Waals surface area contributed by atoms with Crippen molar-refractivity contribution in [3.63, 3.8) is 0 Å². The van der Waals surface area contributed by atoms with Crippen molar-refractivity contribution in [1.82, 2.24) is 10.2 Å². The number of hydrogen-bond acceptors (Lipinski definition) is 3. The highest BCUT2D eigenvalue weighted by molar-refractivity contribution is 7.99. The van der Waals surface area contributed by atoms with Crippen LogP contribution in [0.3, 0.4) is 0 Å². The van der Waals surface area contributed by atoms with Crippen LogP contribution in [0.5, 0.6) is 0 Å². The molecular formula is C13H22N2O2S. The molecule has 1 saturated heterocycles. The second kappa shape index (κ2) is 5.95. The summed E-state index contributed by atoms with van der Waals surface area (Å²) in [4.78, 5) is 26.3. The molecule has 2 atom stereocenters. The lowest BCUT2D eigenvalue weighted by Crippen LogP contribution is -2.64. The Hall–Kier alpha value is -0.710. The topological polar surface area (TPSA) is 49.4 Å². The first-order chi connectivity index (χ1) is 8.69. The van der Waals surface area contributed by atoms with Gasteiger partial charge in [0.2, 0.25) is 11.8 Å². The number of thioether (sulfide) groups is 1. The van der Waals surface area contributed by atoms with Crippen LogP contribution in [0.15, 0.2) is 0 Å². The van der Waals surface area contributed by atoms with Gasteiger partial charge in [0.15, 0.2) is 0 Å². The first-order valence-electron chi connectivity index (χ1n) is 6.87. The van der Waals surface area contributed by atoms with Crippen molar-refractivity contribution in [1.29, 1.82) is 0 Å². The van der Waals surface area contributed by atoms with Crippen LogP contribution in [0.25, 0.3) is 0 Å². The van der Waals surface area contributed by atoms with Crippen LogP contribution in [0.1, 0.15) is 33.1 Å². The summed E-state index contributed by atoms with van der Waals surface area (Å²) < 4.78 is 0. The highest BCUT2D eigenvalue weighted by Crippen LogP contribution is 2.37. The van der Waals surface area contributed by atoms with E-state index in [4.69, 9.17) is 0 Å². The predicted octanol–water partition coefficient (Wildman–Crippen LogP) is 1.26. The van der Waals surface area contributed by atoms with Crippen molar-refractivity contribution in [2.45, 2.75) is 45.2 Å². The highest BCUT2D eigenvalue weighted by atomic mass is 32.2. The Morgan fingerprint density at radius 3 is 2.61 bits per heavy atom. The number of carbonyl (C=O) groups is 2. The van der Waals surface area contributed by atoms with Gasteiger partial charge in [0.05, 0.1) is 0 Å². The second-order valence-corrected chi connectivity index (χ2v) is 6.37. The van der Waals surface area contributed by atoms with E-state index in [2.05, 4.69) is 12.2 Å². The Morgan fingerprint density at radius 2 is 2.06 bits per heavy atom. The summed E-state index contributed by atoms with van der Waals surface area (Å²) in [6, 6.07) is -0.503. The monoisotopic (exact) mass is 270 g/mol. The lowest BCUT2D eigenvalue weighted by atomic mass is 10.0. The molecule has 2 aliphatic rings. The number of nitrogens with zero attached hydrogens (tertiary/aromatic N) is 1. The van der Waals surface area contributed by atoms with E-state index in [1.807, 2.05) is 23.6 Å². The van der Waals surface area contributed by atoms with Crippen LogP contribution < -0.4 is 5.32 Å². The number of piperazine rings is 1. The van der Waals surface area contributed by atoms with Crippen molar-refractivity contribution < 1.29 is 9.59 Å². The zero-order chi connectivity index (χ0) is 13.1. The van der Waals surface area contributed by atoms with Crippen molar-refractivity contribution in [2.24, 2.45) is 5.92 Å². The van der Waals surface area contributed by atoms with Gasteiger partial charge in [-0.05, 0) is 30.9 Å². The zero-order valence-electron chi connectivity index (χ0n) is 11.1. The van der Waals surface area contributed by atoms with Gasteiger partial charge in [0, 0.05) is 12.3 Å². The van der Waals surface area contributed by atoms with Gasteiger partial charge in [-0.3, -0.25) is 9.59 Å². The quantitative estimate of drug-likeness (QED) is 0.739. The van der Waals surface area contributed by atoms with Crippen LogP contribution in [-0.2, 0) is 9.59 Å². The molecule has 18 heavy (non-hydrogen) atoms.